The molecular weight excluding hydrogens is 303 g/mol. The number of ether oxygens (including phenoxy) is 2. The van der Waals surface area contributed by atoms with E-state index in [-0.39, 0.29) is 36.5 Å². The van der Waals surface area contributed by atoms with Crippen LogP contribution in [0.2, 0.25) is 0 Å². The molecule has 2 nitrogen and oxygen atoms in total. The molecule has 0 amide bonds. The average Bonchev–Trinajstić information content (AvgIpc) is 2.51. The molecule has 0 bridgehead atoms. The summed E-state index contributed by atoms with van der Waals surface area (Å²) >= 11 is 0. The van der Waals surface area contributed by atoms with Crippen LogP contribution in [0.15, 0.2) is 42.5 Å². The number of hydrogen-bond donors (Lipinski definition) is 0. The molecule has 0 atom stereocenters. The van der Waals surface area contributed by atoms with Gasteiger partial charge in [0.15, 0.2) is 6.79 Å². The van der Waals surface area contributed by atoms with E-state index >= 15 is 0 Å². The SMILES string of the molecule is COCOc1c(-c2ccccc2)cc(C(C)(C)C)cc1C(C)(C)C.[Li]. The fourth-order valence-electron chi connectivity index (χ4n) is 2.72. The van der Waals surface area contributed by atoms with Crippen LogP contribution in [0.25, 0.3) is 11.1 Å². The first-order chi connectivity index (χ1) is 11.1. The first-order valence-corrected chi connectivity index (χ1v) is 8.51. The van der Waals surface area contributed by atoms with Gasteiger partial charge in [-0.2, -0.15) is 0 Å². The van der Waals surface area contributed by atoms with E-state index in [9.17, 15) is 0 Å². The molecule has 0 aliphatic carbocycles. The third-order valence-electron chi connectivity index (χ3n) is 4.17. The van der Waals surface area contributed by atoms with Crippen LogP contribution in [0.3, 0.4) is 0 Å². The second-order valence-electron chi connectivity index (χ2n) is 8.32. The molecule has 3 heteroatoms. The van der Waals surface area contributed by atoms with Gasteiger partial charge < -0.3 is 9.47 Å². The maximum absolute atomic E-state index is 6.04. The zero-order valence-corrected chi connectivity index (χ0v) is 17.1. The first-order valence-electron chi connectivity index (χ1n) is 8.51. The van der Waals surface area contributed by atoms with Crippen molar-refractivity contribution >= 4 is 18.9 Å². The van der Waals surface area contributed by atoms with Crippen molar-refractivity contribution in [3.05, 3.63) is 53.6 Å². The Balaban J connectivity index is 0.00000312. The summed E-state index contributed by atoms with van der Waals surface area (Å²) in [5.41, 5.74) is 4.88. The van der Waals surface area contributed by atoms with Crippen LogP contribution in [-0.2, 0) is 15.6 Å². The van der Waals surface area contributed by atoms with E-state index in [0.717, 1.165) is 11.3 Å². The molecule has 1 radical (unpaired) electrons. The fourth-order valence-corrected chi connectivity index (χ4v) is 2.72. The quantitative estimate of drug-likeness (QED) is 0.539. The summed E-state index contributed by atoms with van der Waals surface area (Å²) in [6, 6.07) is 15.0. The third-order valence-corrected chi connectivity index (χ3v) is 4.17. The van der Waals surface area contributed by atoms with Crippen LogP contribution in [0.5, 0.6) is 5.75 Å². The maximum atomic E-state index is 6.04. The van der Waals surface area contributed by atoms with Crippen LogP contribution in [0.1, 0.15) is 52.7 Å². The number of methoxy groups -OCH3 is 1. The van der Waals surface area contributed by atoms with E-state index in [2.05, 4.69) is 77.9 Å². The maximum Gasteiger partial charge on any atom is 0.188 e. The molecule has 0 spiro atoms. The Hall–Kier alpha value is -1.20. The van der Waals surface area contributed by atoms with Crippen molar-refractivity contribution < 1.29 is 9.47 Å². The Kier molecular flexibility index (Phi) is 7.38. The summed E-state index contributed by atoms with van der Waals surface area (Å²) in [6.07, 6.45) is 0. The van der Waals surface area contributed by atoms with Gasteiger partial charge >= 0.3 is 0 Å². The molecule has 2 aromatic rings. The Morgan fingerprint density at radius 2 is 1.44 bits per heavy atom. The molecule has 0 N–H and O–H groups in total. The third kappa shape index (κ3) is 5.38. The molecule has 131 valence electrons. The van der Waals surface area contributed by atoms with Crippen LogP contribution < -0.4 is 4.74 Å². The number of benzene rings is 2. The molecule has 0 aliphatic heterocycles. The number of hydrogen-bond acceptors (Lipinski definition) is 2. The molecule has 0 aromatic heterocycles. The van der Waals surface area contributed by atoms with Crippen molar-refractivity contribution in [1.82, 2.24) is 0 Å². The van der Waals surface area contributed by atoms with E-state index in [1.807, 2.05) is 6.07 Å². The normalized spacial score (nSPS) is 11.8. The Bertz CT molecular complexity index is 680. The van der Waals surface area contributed by atoms with Crippen molar-refractivity contribution in [2.45, 2.75) is 52.4 Å². The zero-order chi connectivity index (χ0) is 18.0. The minimum atomic E-state index is -0.0200. The molecule has 0 fully saturated rings. The Labute approximate surface area is 165 Å². The average molecular weight is 333 g/mol. The van der Waals surface area contributed by atoms with Gasteiger partial charge in [0.2, 0.25) is 0 Å². The summed E-state index contributed by atoms with van der Waals surface area (Å²) < 4.78 is 11.2. The van der Waals surface area contributed by atoms with E-state index < -0.39 is 0 Å². The molecule has 25 heavy (non-hydrogen) atoms. The molecular formula is C22H30LiO2. The minimum absolute atomic E-state index is 0. The summed E-state index contributed by atoms with van der Waals surface area (Å²) in [5.74, 6) is 0.920. The number of rotatable bonds is 4. The van der Waals surface area contributed by atoms with Crippen LogP contribution >= 0.6 is 0 Å². The summed E-state index contributed by atoms with van der Waals surface area (Å²) in [5, 5.41) is 0. The summed E-state index contributed by atoms with van der Waals surface area (Å²) in [7, 11) is 1.66. The van der Waals surface area contributed by atoms with E-state index in [0.29, 0.717) is 0 Å². The van der Waals surface area contributed by atoms with Crippen LogP contribution in [0, 0.1) is 0 Å². The predicted octanol–water partition coefficient (Wildman–Crippen LogP) is 5.55. The van der Waals surface area contributed by atoms with Gasteiger partial charge in [0.1, 0.15) is 5.75 Å². The zero-order valence-electron chi connectivity index (χ0n) is 17.1. The molecule has 0 unspecified atom stereocenters. The van der Waals surface area contributed by atoms with Crippen LogP contribution in [-0.4, -0.2) is 32.8 Å². The van der Waals surface area contributed by atoms with E-state index in [1.54, 1.807) is 7.11 Å². The topological polar surface area (TPSA) is 18.5 Å². The van der Waals surface area contributed by atoms with Gasteiger partial charge in [-0.1, -0.05) is 77.9 Å². The second-order valence-corrected chi connectivity index (χ2v) is 8.32. The second kappa shape index (κ2) is 8.45. The van der Waals surface area contributed by atoms with Crippen LogP contribution in [0.4, 0.5) is 0 Å². The molecule has 0 saturated heterocycles. The molecule has 0 heterocycles. The standard InChI is InChI=1S/C22H30O2.Li/c1-21(2,3)17-13-18(16-11-9-8-10-12-16)20(24-15-23-7)19(14-17)22(4,5)6;/h8-14H,15H2,1-7H3;. The monoisotopic (exact) mass is 333 g/mol. The van der Waals surface area contributed by atoms with Gasteiger partial charge in [0.05, 0.1) is 0 Å². The molecule has 0 saturated carbocycles. The van der Waals surface area contributed by atoms with E-state index in [1.165, 1.54) is 16.7 Å². The first kappa shape index (κ1) is 21.8. The van der Waals surface area contributed by atoms with Crippen molar-refractivity contribution in [3.63, 3.8) is 0 Å². The van der Waals surface area contributed by atoms with Gasteiger partial charge in [-0.25, -0.2) is 0 Å². The minimum Gasteiger partial charge on any atom is -0.467 e. The molecule has 2 rings (SSSR count). The van der Waals surface area contributed by atoms with Gasteiger partial charge in [0.25, 0.3) is 0 Å². The Morgan fingerprint density at radius 3 is 1.92 bits per heavy atom. The summed E-state index contributed by atoms with van der Waals surface area (Å²) in [4.78, 5) is 0. The Morgan fingerprint density at radius 1 is 0.840 bits per heavy atom. The van der Waals surface area contributed by atoms with Gasteiger partial charge in [-0.3, -0.25) is 0 Å². The smallest absolute Gasteiger partial charge is 0.188 e. The van der Waals surface area contributed by atoms with Crippen molar-refractivity contribution in [2.75, 3.05) is 13.9 Å². The van der Waals surface area contributed by atoms with Crippen molar-refractivity contribution in [3.8, 4) is 16.9 Å². The summed E-state index contributed by atoms with van der Waals surface area (Å²) in [6.45, 7) is 13.7. The van der Waals surface area contributed by atoms with Gasteiger partial charge in [0, 0.05) is 37.1 Å². The fraction of sp³-hybridized carbons (Fsp3) is 0.455. The van der Waals surface area contributed by atoms with E-state index in [4.69, 9.17) is 9.47 Å². The molecule has 0 aliphatic rings. The van der Waals surface area contributed by atoms with Gasteiger partial charge in [-0.05, 0) is 28.0 Å². The van der Waals surface area contributed by atoms with Crippen molar-refractivity contribution in [1.29, 1.82) is 0 Å². The largest absolute Gasteiger partial charge is 0.467 e. The predicted molar refractivity (Wildman–Crippen MR) is 108 cm³/mol. The van der Waals surface area contributed by atoms with Crippen molar-refractivity contribution in [2.24, 2.45) is 0 Å². The van der Waals surface area contributed by atoms with Gasteiger partial charge in [-0.15, -0.1) is 0 Å². The molecule has 2 aromatic carbocycles.